The van der Waals surface area contributed by atoms with Gasteiger partial charge in [-0.3, -0.25) is 38.7 Å². The summed E-state index contributed by atoms with van der Waals surface area (Å²) in [6, 6.07) is 24.1. The Bertz CT molecular complexity index is 1460. The summed E-state index contributed by atoms with van der Waals surface area (Å²) >= 11 is 0. The highest BCUT2D eigenvalue weighted by molar-refractivity contribution is 5.76. The average Bonchev–Trinajstić information content (AvgIpc) is 3.09. The van der Waals surface area contributed by atoms with Gasteiger partial charge in [-0.2, -0.15) is 0 Å². The zero-order chi connectivity index (χ0) is 37.2. The first-order valence-corrected chi connectivity index (χ1v) is 16.9. The van der Waals surface area contributed by atoms with Crippen LogP contribution in [0.3, 0.4) is 0 Å². The second-order valence-corrected chi connectivity index (χ2v) is 12.4. The molecule has 13 heteroatoms. The molecular weight excluding hydrogens is 658 g/mol. The summed E-state index contributed by atoms with van der Waals surface area (Å²) in [5, 5.41) is 50.2. The summed E-state index contributed by atoms with van der Waals surface area (Å²) in [6.07, 6.45) is 1.49. The van der Waals surface area contributed by atoms with Gasteiger partial charge in [0, 0.05) is 26.2 Å². The molecule has 3 rings (SSSR count). The minimum absolute atomic E-state index is 0.0726. The molecule has 0 spiro atoms. The third-order valence-electron chi connectivity index (χ3n) is 8.85. The molecule has 0 fully saturated rings. The number of carboxylic acids is 5. The van der Waals surface area contributed by atoms with Gasteiger partial charge >= 0.3 is 29.8 Å². The smallest absolute Gasteiger partial charge is 0.320 e. The van der Waals surface area contributed by atoms with Crippen LogP contribution in [0.4, 0.5) is 0 Å². The molecule has 13 nitrogen and oxygen atoms in total. The van der Waals surface area contributed by atoms with E-state index in [1.54, 1.807) is 4.90 Å². The first-order chi connectivity index (χ1) is 24.4. The summed E-state index contributed by atoms with van der Waals surface area (Å²) in [6.45, 7) is -1.60. The van der Waals surface area contributed by atoms with Crippen molar-refractivity contribution in [1.82, 2.24) is 14.7 Å². The Morgan fingerprint density at radius 1 is 0.412 bits per heavy atom. The molecule has 5 N–H and O–H groups in total. The number of carbonyl (C=O) groups is 5. The van der Waals surface area contributed by atoms with Crippen molar-refractivity contribution in [3.8, 4) is 0 Å². The van der Waals surface area contributed by atoms with Crippen LogP contribution in [-0.4, -0.2) is 127 Å². The molecule has 0 saturated heterocycles. The molecule has 0 heterocycles. The second-order valence-electron chi connectivity index (χ2n) is 12.4. The molecule has 0 aliphatic rings. The number of rotatable bonds is 25. The van der Waals surface area contributed by atoms with Crippen LogP contribution in [0.15, 0.2) is 91.0 Å². The number of nitrogens with zero attached hydrogens (tertiary/aromatic N) is 3. The highest BCUT2D eigenvalue weighted by Crippen LogP contribution is 2.17. The van der Waals surface area contributed by atoms with E-state index in [1.807, 2.05) is 91.0 Å². The van der Waals surface area contributed by atoms with E-state index in [9.17, 15) is 49.5 Å². The van der Waals surface area contributed by atoms with Gasteiger partial charge in [-0.05, 0) is 55.2 Å². The lowest BCUT2D eigenvalue weighted by Crippen LogP contribution is -2.53. The van der Waals surface area contributed by atoms with Crippen LogP contribution >= 0.6 is 0 Å². The topological polar surface area (TPSA) is 196 Å². The average molecular weight is 706 g/mol. The summed E-state index contributed by atoms with van der Waals surface area (Å²) in [5.74, 6) is -6.09. The second kappa shape index (κ2) is 21.2. The van der Waals surface area contributed by atoms with Crippen LogP contribution < -0.4 is 0 Å². The van der Waals surface area contributed by atoms with Crippen LogP contribution in [0.2, 0.25) is 0 Å². The lowest BCUT2D eigenvalue weighted by Gasteiger charge is -2.35. The molecular formula is C38H47N3O10. The van der Waals surface area contributed by atoms with Gasteiger partial charge in [0.05, 0.1) is 13.1 Å². The molecule has 0 unspecified atom stereocenters. The fourth-order valence-corrected chi connectivity index (χ4v) is 6.21. The fraction of sp³-hybridized carbons (Fsp3) is 0.395. The van der Waals surface area contributed by atoms with Crippen molar-refractivity contribution >= 4 is 29.8 Å². The SMILES string of the molecule is O=C(O)CN(CCN(CCN(CC(=O)O)[C@@H](CCc1ccccc1)C(=O)O)[C@@H](CCc1ccccc1)C(=O)O)[C@@H](CCc1ccccc1)C(=O)O. The summed E-state index contributed by atoms with van der Waals surface area (Å²) < 4.78 is 0. The van der Waals surface area contributed by atoms with E-state index >= 15 is 0 Å². The van der Waals surface area contributed by atoms with E-state index in [0.29, 0.717) is 19.3 Å². The monoisotopic (exact) mass is 705 g/mol. The van der Waals surface area contributed by atoms with Crippen molar-refractivity contribution < 1.29 is 49.5 Å². The lowest BCUT2D eigenvalue weighted by atomic mass is 10.0. The van der Waals surface area contributed by atoms with Gasteiger partial charge in [-0.1, -0.05) is 91.0 Å². The van der Waals surface area contributed by atoms with Crippen molar-refractivity contribution in [2.45, 2.75) is 56.7 Å². The van der Waals surface area contributed by atoms with Gasteiger partial charge in [0.2, 0.25) is 0 Å². The van der Waals surface area contributed by atoms with Crippen LogP contribution in [0.25, 0.3) is 0 Å². The van der Waals surface area contributed by atoms with E-state index < -0.39 is 61.1 Å². The molecule has 3 aromatic carbocycles. The van der Waals surface area contributed by atoms with Crippen LogP contribution in [0, 0.1) is 0 Å². The molecule has 0 amide bonds. The predicted octanol–water partition coefficient (Wildman–Crippen LogP) is 3.32. The number of aryl methyl sites for hydroxylation is 3. The van der Waals surface area contributed by atoms with E-state index in [4.69, 9.17) is 0 Å². The molecule has 0 aliphatic heterocycles. The number of hydrogen-bond donors (Lipinski definition) is 5. The van der Waals surface area contributed by atoms with Gasteiger partial charge in [0.25, 0.3) is 0 Å². The van der Waals surface area contributed by atoms with E-state index in [-0.39, 0.29) is 45.4 Å². The van der Waals surface area contributed by atoms with Crippen LogP contribution in [0.5, 0.6) is 0 Å². The minimum atomic E-state index is -1.25. The summed E-state index contributed by atoms with van der Waals surface area (Å²) in [4.78, 5) is 65.7. The molecule has 274 valence electrons. The van der Waals surface area contributed by atoms with Crippen molar-refractivity contribution in [2.24, 2.45) is 0 Å². The Labute approximate surface area is 297 Å². The third-order valence-corrected chi connectivity index (χ3v) is 8.85. The number of benzene rings is 3. The third kappa shape index (κ3) is 14.3. The van der Waals surface area contributed by atoms with Crippen molar-refractivity contribution in [3.63, 3.8) is 0 Å². The Morgan fingerprint density at radius 3 is 0.922 bits per heavy atom. The number of aliphatic carboxylic acids is 5. The van der Waals surface area contributed by atoms with Gasteiger partial charge < -0.3 is 25.5 Å². The maximum Gasteiger partial charge on any atom is 0.320 e. The van der Waals surface area contributed by atoms with Gasteiger partial charge in [0.15, 0.2) is 0 Å². The van der Waals surface area contributed by atoms with Gasteiger partial charge in [-0.15, -0.1) is 0 Å². The Morgan fingerprint density at radius 2 is 0.667 bits per heavy atom. The first kappa shape index (κ1) is 40.3. The number of carboxylic acid groups (broad SMARTS) is 5. The highest BCUT2D eigenvalue weighted by Gasteiger charge is 2.33. The largest absolute Gasteiger partial charge is 0.480 e. The molecule has 0 radical (unpaired) electrons. The Balaban J connectivity index is 1.88. The zero-order valence-electron chi connectivity index (χ0n) is 28.5. The zero-order valence-corrected chi connectivity index (χ0v) is 28.5. The molecule has 0 aromatic heterocycles. The van der Waals surface area contributed by atoms with Gasteiger partial charge in [-0.25, -0.2) is 0 Å². The quantitative estimate of drug-likeness (QED) is 0.0862. The maximum absolute atomic E-state index is 12.8. The molecule has 3 atom stereocenters. The molecule has 51 heavy (non-hydrogen) atoms. The molecule has 3 aromatic rings. The van der Waals surface area contributed by atoms with Gasteiger partial charge in [0.1, 0.15) is 18.1 Å². The van der Waals surface area contributed by atoms with E-state index in [2.05, 4.69) is 0 Å². The van der Waals surface area contributed by atoms with Crippen LogP contribution in [0.1, 0.15) is 36.0 Å². The van der Waals surface area contributed by atoms with E-state index in [1.165, 1.54) is 9.80 Å². The maximum atomic E-state index is 12.8. The van der Waals surface area contributed by atoms with Crippen molar-refractivity contribution in [1.29, 1.82) is 0 Å². The molecule has 0 saturated carbocycles. The lowest BCUT2D eigenvalue weighted by molar-refractivity contribution is -0.149. The van der Waals surface area contributed by atoms with Crippen LogP contribution in [-0.2, 0) is 43.2 Å². The Hall–Kier alpha value is -5.11. The fourth-order valence-electron chi connectivity index (χ4n) is 6.21. The summed E-state index contributed by atoms with van der Waals surface area (Å²) in [7, 11) is 0. The molecule has 0 bridgehead atoms. The molecule has 0 aliphatic carbocycles. The first-order valence-electron chi connectivity index (χ1n) is 16.9. The Kier molecular flexibility index (Phi) is 16.7. The normalized spacial score (nSPS) is 13.2. The van der Waals surface area contributed by atoms with E-state index in [0.717, 1.165) is 16.7 Å². The predicted molar refractivity (Wildman–Crippen MR) is 189 cm³/mol. The minimum Gasteiger partial charge on any atom is -0.480 e. The number of hydrogen-bond acceptors (Lipinski definition) is 8. The van der Waals surface area contributed by atoms with Crippen molar-refractivity contribution in [2.75, 3.05) is 39.3 Å². The summed E-state index contributed by atoms with van der Waals surface area (Å²) in [5.41, 5.74) is 2.65. The highest BCUT2D eigenvalue weighted by atomic mass is 16.4. The van der Waals surface area contributed by atoms with Crippen molar-refractivity contribution in [3.05, 3.63) is 108 Å². The standard InChI is InChI=1S/C38H47N3O10/c42-34(43)26-40(32(37(48)49)20-17-29-12-6-2-7-13-29)24-22-39(31(36(46)47)19-16-28-10-4-1-5-11-28)23-25-41(27-35(44)45)33(38(50)51)21-18-30-14-8-3-9-15-30/h1-15,31-33H,16-27H2,(H,42,43)(H,44,45)(H,46,47)(H,48,49)(H,50,51)/t31-,32-,33-/m0/s1.